The van der Waals surface area contributed by atoms with Gasteiger partial charge in [0.1, 0.15) is 6.10 Å². The van der Waals surface area contributed by atoms with Crippen molar-refractivity contribution in [2.75, 3.05) is 6.54 Å². The smallest absolute Gasteiger partial charge is 0.332 e. The molecule has 4 fully saturated rings. The van der Waals surface area contributed by atoms with Crippen LogP contribution in [0.1, 0.15) is 71.8 Å². The molecule has 0 aromatic heterocycles. The zero-order valence-corrected chi connectivity index (χ0v) is 23.7. The molecule has 0 saturated heterocycles. The molecule has 5 N–H and O–H groups in total. The van der Waals surface area contributed by atoms with Crippen molar-refractivity contribution in [1.82, 2.24) is 0 Å². The molecule has 7 nitrogen and oxygen atoms in total. The first-order valence-electron chi connectivity index (χ1n) is 14.6. The van der Waals surface area contributed by atoms with Crippen molar-refractivity contribution in [3.63, 3.8) is 0 Å². The van der Waals surface area contributed by atoms with Crippen molar-refractivity contribution in [2.45, 2.75) is 91.0 Å². The van der Waals surface area contributed by atoms with E-state index in [2.05, 4.69) is 20.8 Å². The van der Waals surface area contributed by atoms with Gasteiger partial charge < -0.3 is 25.8 Å². The van der Waals surface area contributed by atoms with E-state index >= 15 is 0 Å². The molecule has 0 unspecified atom stereocenters. The van der Waals surface area contributed by atoms with Crippen molar-refractivity contribution in [2.24, 2.45) is 45.7 Å². The van der Waals surface area contributed by atoms with E-state index in [-0.39, 0.29) is 51.9 Å². The molecular formula is C32H45NO6. The summed E-state index contributed by atoms with van der Waals surface area (Å²) in [5, 5.41) is 33.2. The maximum absolute atomic E-state index is 12.8. The van der Waals surface area contributed by atoms with E-state index in [9.17, 15) is 24.9 Å². The van der Waals surface area contributed by atoms with Gasteiger partial charge in [-0.05, 0) is 90.2 Å². The molecule has 4 aliphatic rings. The zero-order chi connectivity index (χ0) is 28.3. The Hall–Kier alpha value is -2.22. The molecule has 4 aliphatic carbocycles. The number of esters is 1. The van der Waals surface area contributed by atoms with Crippen LogP contribution in [0.25, 0.3) is 0 Å². The highest BCUT2D eigenvalue weighted by atomic mass is 16.5. The summed E-state index contributed by atoms with van der Waals surface area (Å²) in [6, 6.07) is 9.53. The lowest BCUT2D eigenvalue weighted by Crippen LogP contribution is -2.66. The number of carboxylic acids is 1. The van der Waals surface area contributed by atoms with Gasteiger partial charge in [0, 0.05) is 24.8 Å². The Morgan fingerprint density at radius 3 is 2.33 bits per heavy atom. The molecule has 0 amide bonds. The highest BCUT2D eigenvalue weighted by Crippen LogP contribution is 2.74. The molecule has 214 valence electrons. The van der Waals surface area contributed by atoms with Crippen LogP contribution in [0.15, 0.2) is 41.5 Å². The summed E-state index contributed by atoms with van der Waals surface area (Å²) in [6.07, 6.45) is 2.81. The standard InChI is InChI=1S/C32H45NO6/c1-18(34)39-26-16-32(4)23(27(26)20(29(37)38)14-19-8-6-5-7-9-19)15-25(36)28-30(2)12-11-24(35)21(17-33)22(30)10-13-31(28,32)3/h5-9,21-26,28,35-36H,10-17,33H2,1-4H3,(H,37,38)/b27-20-/t21-,22-,23-,24+,25+,26-,28-,30-,31-,32-/m0/s1. The third-order valence-electron chi connectivity index (χ3n) is 11.9. The van der Waals surface area contributed by atoms with E-state index in [4.69, 9.17) is 10.5 Å². The number of fused-ring (bicyclic) bond motifs is 5. The van der Waals surface area contributed by atoms with E-state index in [1.165, 1.54) is 6.92 Å². The highest BCUT2D eigenvalue weighted by Gasteiger charge is 2.71. The van der Waals surface area contributed by atoms with E-state index in [1.807, 2.05) is 30.3 Å². The van der Waals surface area contributed by atoms with Crippen LogP contribution >= 0.6 is 0 Å². The predicted octanol–water partition coefficient (Wildman–Crippen LogP) is 4.10. The Morgan fingerprint density at radius 2 is 1.72 bits per heavy atom. The molecular weight excluding hydrogens is 494 g/mol. The van der Waals surface area contributed by atoms with Crippen LogP contribution in [0, 0.1) is 39.9 Å². The average Bonchev–Trinajstić information content (AvgIpc) is 3.14. The fourth-order valence-corrected chi connectivity index (χ4v) is 10.1. The summed E-state index contributed by atoms with van der Waals surface area (Å²) < 4.78 is 5.90. The van der Waals surface area contributed by atoms with Crippen LogP contribution in [0.2, 0.25) is 0 Å². The Bertz CT molecular complexity index is 1150. The van der Waals surface area contributed by atoms with Crippen molar-refractivity contribution in [1.29, 1.82) is 0 Å². The molecule has 5 rings (SSSR count). The van der Waals surface area contributed by atoms with Crippen molar-refractivity contribution in [3.05, 3.63) is 47.0 Å². The lowest BCUT2D eigenvalue weighted by atomic mass is 9.36. The summed E-state index contributed by atoms with van der Waals surface area (Å²) in [4.78, 5) is 25.1. The number of carboxylic acid groups (broad SMARTS) is 1. The maximum Gasteiger partial charge on any atom is 0.332 e. The van der Waals surface area contributed by atoms with Gasteiger partial charge in [-0.2, -0.15) is 0 Å². The van der Waals surface area contributed by atoms with Crippen LogP contribution in [-0.2, 0) is 20.7 Å². The molecule has 0 bridgehead atoms. The number of hydrogen-bond acceptors (Lipinski definition) is 6. The molecule has 1 aromatic carbocycles. The summed E-state index contributed by atoms with van der Waals surface area (Å²) >= 11 is 0. The van der Waals surface area contributed by atoms with Crippen LogP contribution in [0.4, 0.5) is 0 Å². The third kappa shape index (κ3) is 4.27. The molecule has 4 saturated carbocycles. The summed E-state index contributed by atoms with van der Waals surface area (Å²) in [5.74, 6) is -1.41. The summed E-state index contributed by atoms with van der Waals surface area (Å²) in [6.45, 7) is 8.62. The van der Waals surface area contributed by atoms with Gasteiger partial charge in [-0.1, -0.05) is 51.1 Å². The van der Waals surface area contributed by atoms with E-state index in [0.717, 1.165) is 24.8 Å². The number of nitrogens with two attached hydrogens (primary N) is 1. The van der Waals surface area contributed by atoms with Gasteiger partial charge in [-0.25, -0.2) is 4.79 Å². The van der Waals surface area contributed by atoms with Crippen LogP contribution < -0.4 is 5.73 Å². The molecule has 1 aromatic rings. The van der Waals surface area contributed by atoms with Gasteiger partial charge >= 0.3 is 11.9 Å². The summed E-state index contributed by atoms with van der Waals surface area (Å²) in [5.41, 5.74) is 7.16. The summed E-state index contributed by atoms with van der Waals surface area (Å²) in [7, 11) is 0. The van der Waals surface area contributed by atoms with Gasteiger partial charge in [-0.15, -0.1) is 0 Å². The van der Waals surface area contributed by atoms with Crippen LogP contribution in [0.5, 0.6) is 0 Å². The molecule has 0 aliphatic heterocycles. The number of aliphatic hydroxyl groups excluding tert-OH is 2. The fourth-order valence-electron chi connectivity index (χ4n) is 10.1. The Morgan fingerprint density at radius 1 is 1.03 bits per heavy atom. The van der Waals surface area contributed by atoms with Crippen LogP contribution in [0.3, 0.4) is 0 Å². The normalized spacial score (nSPS) is 44.5. The van der Waals surface area contributed by atoms with Crippen LogP contribution in [-0.4, -0.2) is 52.1 Å². The van der Waals surface area contributed by atoms with Crippen molar-refractivity contribution < 1.29 is 29.6 Å². The number of hydrogen-bond donors (Lipinski definition) is 4. The second kappa shape index (κ2) is 10.0. The number of aliphatic carboxylic acids is 1. The van der Waals surface area contributed by atoms with Gasteiger partial charge in [0.05, 0.1) is 12.2 Å². The number of carbonyl (C=O) groups excluding carboxylic acids is 1. The number of benzene rings is 1. The lowest BCUT2D eigenvalue weighted by Gasteiger charge is -2.69. The molecule has 7 heteroatoms. The number of carbonyl (C=O) groups is 2. The lowest BCUT2D eigenvalue weighted by molar-refractivity contribution is -0.234. The first-order valence-corrected chi connectivity index (χ1v) is 14.6. The van der Waals surface area contributed by atoms with E-state index in [0.29, 0.717) is 31.4 Å². The average molecular weight is 540 g/mol. The number of aliphatic hydroxyl groups is 2. The molecule has 0 heterocycles. The number of rotatable bonds is 5. The number of ether oxygens (including phenoxy) is 1. The largest absolute Gasteiger partial charge is 0.478 e. The first-order chi connectivity index (χ1) is 18.4. The van der Waals surface area contributed by atoms with Crippen molar-refractivity contribution >= 4 is 11.9 Å². The topological polar surface area (TPSA) is 130 Å². The Kier molecular flexibility index (Phi) is 7.26. The minimum absolute atomic E-state index is 0.0170. The van der Waals surface area contributed by atoms with E-state index < -0.39 is 30.3 Å². The molecule has 10 atom stereocenters. The molecule has 0 radical (unpaired) electrons. The fraction of sp³-hybridized carbons (Fsp3) is 0.688. The minimum Gasteiger partial charge on any atom is -0.478 e. The third-order valence-corrected chi connectivity index (χ3v) is 11.9. The van der Waals surface area contributed by atoms with E-state index in [1.54, 1.807) is 0 Å². The Labute approximate surface area is 231 Å². The molecule has 0 spiro atoms. The highest BCUT2D eigenvalue weighted by molar-refractivity contribution is 5.89. The molecule has 39 heavy (non-hydrogen) atoms. The zero-order valence-electron chi connectivity index (χ0n) is 23.7. The Balaban J connectivity index is 1.62. The SMILES string of the molecule is CC(=O)O[C@H]1C[C@@]2(C)[C@@H](C[C@@H](O)[C@H]3[C@@]4(C)CC[C@@H](O)[C@@H](CN)[C@@H]4CC[C@@]32C)/C1=C(\Cc1ccccc1)C(=O)O. The quantitative estimate of drug-likeness (QED) is 0.327. The second-order valence-corrected chi connectivity index (χ2v) is 13.5. The predicted molar refractivity (Wildman–Crippen MR) is 147 cm³/mol. The van der Waals surface area contributed by atoms with Gasteiger partial charge in [0.2, 0.25) is 0 Å². The monoisotopic (exact) mass is 539 g/mol. The maximum atomic E-state index is 12.8. The second-order valence-electron chi connectivity index (χ2n) is 13.5. The minimum atomic E-state index is -1.00. The van der Waals surface area contributed by atoms with Gasteiger partial charge in [0.25, 0.3) is 0 Å². The van der Waals surface area contributed by atoms with Gasteiger partial charge in [0.15, 0.2) is 0 Å². The van der Waals surface area contributed by atoms with Gasteiger partial charge in [-0.3, -0.25) is 4.79 Å². The first kappa shape index (κ1) is 28.3. The van der Waals surface area contributed by atoms with Crippen molar-refractivity contribution in [3.8, 4) is 0 Å².